The summed E-state index contributed by atoms with van der Waals surface area (Å²) >= 11 is 0. The minimum Gasteiger partial charge on any atom is -0.351 e. The Labute approximate surface area is 101 Å². The van der Waals surface area contributed by atoms with Crippen molar-refractivity contribution in [2.75, 3.05) is 0 Å². The van der Waals surface area contributed by atoms with Crippen molar-refractivity contribution >= 4 is 11.8 Å². The van der Waals surface area contributed by atoms with Crippen LogP contribution in [-0.2, 0) is 9.59 Å². The quantitative estimate of drug-likeness (QED) is 0.801. The molecular weight excluding hydrogens is 216 g/mol. The molecule has 0 unspecified atom stereocenters. The van der Waals surface area contributed by atoms with E-state index in [1.807, 2.05) is 6.08 Å². The second-order valence-electron chi connectivity index (χ2n) is 5.04. The van der Waals surface area contributed by atoms with Crippen LogP contribution in [0.1, 0.15) is 33.1 Å². The minimum atomic E-state index is -0.831. The van der Waals surface area contributed by atoms with Gasteiger partial charge in [-0.25, -0.2) is 0 Å². The molecule has 1 heterocycles. The molecule has 1 saturated carbocycles. The molecule has 1 fully saturated rings. The predicted molar refractivity (Wildman–Crippen MR) is 65.0 cm³/mol. The Bertz CT molecular complexity index is 392. The van der Waals surface area contributed by atoms with Gasteiger partial charge in [-0.1, -0.05) is 12.2 Å². The molecule has 4 nitrogen and oxygen atoms in total. The molecule has 1 aliphatic heterocycles. The summed E-state index contributed by atoms with van der Waals surface area (Å²) in [5.41, 5.74) is -0.831. The van der Waals surface area contributed by atoms with Gasteiger partial charge in [0.15, 0.2) is 0 Å². The summed E-state index contributed by atoms with van der Waals surface area (Å²) in [5, 5.41) is 2.95. The van der Waals surface area contributed by atoms with E-state index in [9.17, 15) is 9.59 Å². The zero-order chi connectivity index (χ0) is 12.5. The predicted octanol–water partition coefficient (Wildman–Crippen LogP) is 1.35. The van der Waals surface area contributed by atoms with E-state index in [1.54, 1.807) is 32.2 Å². The molecule has 92 valence electrons. The van der Waals surface area contributed by atoms with Crippen LogP contribution in [0.4, 0.5) is 0 Å². The summed E-state index contributed by atoms with van der Waals surface area (Å²) < 4.78 is 0. The molecule has 4 heteroatoms. The van der Waals surface area contributed by atoms with Gasteiger partial charge in [0.25, 0.3) is 0 Å². The van der Waals surface area contributed by atoms with Gasteiger partial charge in [-0.2, -0.15) is 0 Å². The van der Waals surface area contributed by atoms with Gasteiger partial charge in [0.1, 0.15) is 5.54 Å². The fourth-order valence-corrected chi connectivity index (χ4v) is 1.76. The van der Waals surface area contributed by atoms with Gasteiger partial charge in [0, 0.05) is 18.7 Å². The zero-order valence-corrected chi connectivity index (χ0v) is 10.3. The molecule has 2 rings (SSSR count). The summed E-state index contributed by atoms with van der Waals surface area (Å²) in [6, 6.07) is 0.311. The first-order valence-electron chi connectivity index (χ1n) is 5.98. The number of carbonyl (C=O) groups is 2. The average Bonchev–Trinajstić information content (AvgIpc) is 3.06. The van der Waals surface area contributed by atoms with Crippen molar-refractivity contribution in [3.05, 3.63) is 24.4 Å². The molecule has 0 spiro atoms. The number of nitrogens with one attached hydrogen (secondary N) is 1. The maximum absolute atomic E-state index is 12.1. The highest BCUT2D eigenvalue weighted by Crippen LogP contribution is 2.23. The van der Waals surface area contributed by atoms with Crippen LogP contribution in [0.25, 0.3) is 0 Å². The van der Waals surface area contributed by atoms with Crippen molar-refractivity contribution in [1.82, 2.24) is 10.2 Å². The normalized spacial score (nSPS) is 20.4. The van der Waals surface area contributed by atoms with Crippen LogP contribution < -0.4 is 5.32 Å². The lowest BCUT2D eigenvalue weighted by atomic mass is 10.0. The molecule has 0 bridgehead atoms. The van der Waals surface area contributed by atoms with Crippen LogP contribution in [0.15, 0.2) is 24.4 Å². The van der Waals surface area contributed by atoms with Gasteiger partial charge in [0.05, 0.1) is 0 Å². The van der Waals surface area contributed by atoms with Crippen molar-refractivity contribution in [3.8, 4) is 0 Å². The third kappa shape index (κ3) is 2.57. The Morgan fingerprint density at radius 2 is 2.12 bits per heavy atom. The van der Waals surface area contributed by atoms with Gasteiger partial charge in [-0.15, -0.1) is 0 Å². The highest BCUT2D eigenvalue weighted by Gasteiger charge is 2.38. The number of allylic oxidation sites excluding steroid dienone is 2. The molecule has 17 heavy (non-hydrogen) atoms. The van der Waals surface area contributed by atoms with E-state index >= 15 is 0 Å². The molecule has 1 aliphatic carbocycles. The second-order valence-corrected chi connectivity index (χ2v) is 5.04. The Balaban J connectivity index is 2.11. The van der Waals surface area contributed by atoms with Crippen LogP contribution in [0.5, 0.6) is 0 Å². The van der Waals surface area contributed by atoms with E-state index in [2.05, 4.69) is 5.32 Å². The van der Waals surface area contributed by atoms with Gasteiger partial charge in [0.2, 0.25) is 11.8 Å². The third-order valence-electron chi connectivity index (χ3n) is 3.11. The lowest BCUT2D eigenvalue weighted by Crippen LogP contribution is -2.55. The highest BCUT2D eigenvalue weighted by atomic mass is 16.2. The molecule has 2 amide bonds. The summed E-state index contributed by atoms with van der Waals surface area (Å²) in [7, 11) is 0. The van der Waals surface area contributed by atoms with E-state index in [0.29, 0.717) is 12.5 Å². The number of carbonyl (C=O) groups excluding carboxylic acids is 2. The topological polar surface area (TPSA) is 49.4 Å². The van der Waals surface area contributed by atoms with Gasteiger partial charge >= 0.3 is 0 Å². The first-order valence-corrected chi connectivity index (χ1v) is 5.98. The van der Waals surface area contributed by atoms with Crippen LogP contribution in [-0.4, -0.2) is 28.3 Å². The summed E-state index contributed by atoms with van der Waals surface area (Å²) in [6.45, 7) is 3.55. The Hall–Kier alpha value is -1.58. The van der Waals surface area contributed by atoms with Crippen molar-refractivity contribution in [1.29, 1.82) is 0 Å². The summed E-state index contributed by atoms with van der Waals surface area (Å²) in [5.74, 6) is -0.133. The highest BCUT2D eigenvalue weighted by molar-refractivity contribution is 5.92. The second kappa shape index (κ2) is 4.35. The number of amides is 2. The van der Waals surface area contributed by atoms with Crippen LogP contribution in [0, 0.1) is 0 Å². The average molecular weight is 234 g/mol. The number of rotatable bonds is 3. The van der Waals surface area contributed by atoms with Gasteiger partial charge in [-0.05, 0) is 32.8 Å². The molecule has 0 saturated heterocycles. The number of nitrogens with zero attached hydrogens (tertiary/aromatic N) is 1. The first kappa shape index (κ1) is 11.9. The van der Waals surface area contributed by atoms with Crippen molar-refractivity contribution in [3.63, 3.8) is 0 Å². The molecule has 0 atom stereocenters. The minimum absolute atomic E-state index is 0.0500. The van der Waals surface area contributed by atoms with E-state index in [-0.39, 0.29) is 11.8 Å². The molecule has 0 aromatic carbocycles. The molecule has 0 radical (unpaired) electrons. The molecular formula is C13H18N2O2. The third-order valence-corrected chi connectivity index (χ3v) is 3.11. The fraction of sp³-hybridized carbons (Fsp3) is 0.538. The fourth-order valence-electron chi connectivity index (χ4n) is 1.76. The van der Waals surface area contributed by atoms with Crippen molar-refractivity contribution in [2.45, 2.75) is 44.7 Å². The van der Waals surface area contributed by atoms with Gasteiger partial charge in [-0.3, -0.25) is 9.59 Å². The molecule has 1 N–H and O–H groups in total. The van der Waals surface area contributed by atoms with Crippen LogP contribution in [0.2, 0.25) is 0 Å². The van der Waals surface area contributed by atoms with E-state index < -0.39 is 5.54 Å². The van der Waals surface area contributed by atoms with Crippen LogP contribution in [0.3, 0.4) is 0 Å². The molecule has 0 aromatic rings. The van der Waals surface area contributed by atoms with E-state index in [1.165, 1.54) is 4.90 Å². The van der Waals surface area contributed by atoms with E-state index in [0.717, 1.165) is 12.8 Å². The lowest BCUT2D eigenvalue weighted by Gasteiger charge is -2.34. The van der Waals surface area contributed by atoms with E-state index in [4.69, 9.17) is 0 Å². The van der Waals surface area contributed by atoms with Crippen molar-refractivity contribution in [2.24, 2.45) is 0 Å². The Kier molecular flexibility index (Phi) is 3.05. The van der Waals surface area contributed by atoms with Gasteiger partial charge < -0.3 is 10.2 Å². The maximum Gasteiger partial charge on any atom is 0.245 e. The molecule has 0 aromatic heterocycles. The lowest BCUT2D eigenvalue weighted by molar-refractivity contribution is -0.141. The standard InChI is InChI=1S/C13H18N2O2/c1-13(2,12(17)14-10-7-8-10)15-9-5-3-4-6-11(15)16/h3-5,9-10H,6-8H2,1-2H3,(H,14,17). The summed E-state index contributed by atoms with van der Waals surface area (Å²) in [6.07, 6.45) is 9.53. The Morgan fingerprint density at radius 3 is 2.76 bits per heavy atom. The first-order chi connectivity index (χ1) is 8.01. The zero-order valence-electron chi connectivity index (χ0n) is 10.3. The van der Waals surface area contributed by atoms with Crippen molar-refractivity contribution < 1.29 is 9.59 Å². The molecule has 2 aliphatic rings. The number of hydrogen-bond donors (Lipinski definition) is 1. The van der Waals surface area contributed by atoms with Crippen LogP contribution >= 0.6 is 0 Å². The smallest absolute Gasteiger partial charge is 0.245 e. The number of hydrogen-bond acceptors (Lipinski definition) is 2. The summed E-state index contributed by atoms with van der Waals surface area (Å²) in [4.78, 5) is 25.5. The largest absolute Gasteiger partial charge is 0.351 e. The SMILES string of the molecule is CC(C)(C(=O)NC1CC1)N1C=CC=CCC1=O. The maximum atomic E-state index is 12.1. The Morgan fingerprint density at radius 1 is 1.41 bits per heavy atom. The monoisotopic (exact) mass is 234 g/mol.